The van der Waals surface area contributed by atoms with Gasteiger partial charge >= 0.3 is 0 Å². The summed E-state index contributed by atoms with van der Waals surface area (Å²) in [7, 11) is 1.85. The van der Waals surface area contributed by atoms with Gasteiger partial charge in [0.1, 0.15) is 6.04 Å². The summed E-state index contributed by atoms with van der Waals surface area (Å²) >= 11 is 0. The maximum atomic E-state index is 12.4. The normalized spacial score (nSPS) is 12.0. The topological polar surface area (TPSA) is 92.2 Å². The number of amides is 3. The molecule has 0 aliphatic carbocycles. The summed E-state index contributed by atoms with van der Waals surface area (Å²) in [6.07, 6.45) is 1.71. The SMILES string of the molecule is CC(=O)N[C@H](C(=O)NNC(=O)c1cn(C)c2ccccc12)C(C)C. The molecule has 3 amide bonds. The van der Waals surface area contributed by atoms with Crippen LogP contribution >= 0.6 is 0 Å². The zero-order valence-corrected chi connectivity index (χ0v) is 14.2. The molecule has 0 aliphatic rings. The Morgan fingerprint density at radius 3 is 2.38 bits per heavy atom. The van der Waals surface area contributed by atoms with E-state index in [2.05, 4.69) is 16.2 Å². The number of para-hydroxylation sites is 1. The van der Waals surface area contributed by atoms with Crippen molar-refractivity contribution >= 4 is 28.6 Å². The van der Waals surface area contributed by atoms with Crippen LogP contribution in [0.15, 0.2) is 30.5 Å². The third-order valence-corrected chi connectivity index (χ3v) is 3.75. The van der Waals surface area contributed by atoms with Crippen molar-refractivity contribution in [1.29, 1.82) is 0 Å². The molecule has 0 radical (unpaired) electrons. The molecule has 0 aliphatic heterocycles. The second-order valence-corrected chi connectivity index (χ2v) is 6.04. The molecule has 3 N–H and O–H groups in total. The maximum absolute atomic E-state index is 12.4. The Labute approximate surface area is 140 Å². The Morgan fingerprint density at radius 1 is 1.08 bits per heavy atom. The van der Waals surface area contributed by atoms with Gasteiger partial charge in [-0.25, -0.2) is 0 Å². The fourth-order valence-electron chi connectivity index (χ4n) is 2.54. The predicted octanol–water partition coefficient (Wildman–Crippen LogP) is 1.10. The molecular weight excluding hydrogens is 308 g/mol. The number of nitrogens with one attached hydrogen (secondary N) is 3. The monoisotopic (exact) mass is 330 g/mol. The molecule has 0 saturated heterocycles. The van der Waals surface area contributed by atoms with Gasteiger partial charge in [0, 0.05) is 31.1 Å². The van der Waals surface area contributed by atoms with Crippen LogP contribution in [0, 0.1) is 5.92 Å². The quantitative estimate of drug-likeness (QED) is 0.733. The molecule has 0 saturated carbocycles. The molecule has 1 heterocycles. The first-order valence-electron chi connectivity index (χ1n) is 7.72. The minimum Gasteiger partial charge on any atom is -0.350 e. The average Bonchev–Trinajstić information content (AvgIpc) is 2.87. The zero-order chi connectivity index (χ0) is 17.9. The summed E-state index contributed by atoms with van der Waals surface area (Å²) in [4.78, 5) is 35.7. The lowest BCUT2D eigenvalue weighted by Crippen LogP contribution is -2.54. The van der Waals surface area contributed by atoms with Crippen LogP contribution < -0.4 is 16.2 Å². The Bertz CT molecular complexity index is 779. The summed E-state index contributed by atoms with van der Waals surface area (Å²) in [5.41, 5.74) is 6.18. The molecule has 2 rings (SSSR count). The van der Waals surface area contributed by atoms with E-state index in [0.717, 1.165) is 10.9 Å². The van der Waals surface area contributed by atoms with Crippen molar-refractivity contribution in [3.8, 4) is 0 Å². The molecule has 2 aromatic rings. The summed E-state index contributed by atoms with van der Waals surface area (Å²) in [6, 6.07) is 6.79. The molecule has 0 spiro atoms. The van der Waals surface area contributed by atoms with Crippen LogP contribution in [0.3, 0.4) is 0 Å². The van der Waals surface area contributed by atoms with Crippen molar-refractivity contribution < 1.29 is 14.4 Å². The van der Waals surface area contributed by atoms with Gasteiger partial charge in [-0.2, -0.15) is 0 Å². The van der Waals surface area contributed by atoms with E-state index in [-0.39, 0.29) is 11.8 Å². The van der Waals surface area contributed by atoms with Gasteiger partial charge in [-0.1, -0.05) is 32.0 Å². The van der Waals surface area contributed by atoms with Crippen LogP contribution in [0.5, 0.6) is 0 Å². The van der Waals surface area contributed by atoms with Crippen molar-refractivity contribution in [1.82, 2.24) is 20.7 Å². The van der Waals surface area contributed by atoms with Gasteiger partial charge in [-0.3, -0.25) is 25.2 Å². The van der Waals surface area contributed by atoms with Gasteiger partial charge < -0.3 is 9.88 Å². The summed E-state index contributed by atoms with van der Waals surface area (Å²) < 4.78 is 1.85. The molecule has 7 nitrogen and oxygen atoms in total. The molecule has 1 aromatic carbocycles. The molecule has 1 atom stereocenters. The van der Waals surface area contributed by atoms with Gasteiger partial charge in [-0.05, 0) is 12.0 Å². The fraction of sp³-hybridized carbons (Fsp3) is 0.353. The Balaban J connectivity index is 2.09. The molecule has 0 bridgehead atoms. The number of hydrazine groups is 1. The van der Waals surface area contributed by atoms with Crippen LogP contribution in [0.2, 0.25) is 0 Å². The van der Waals surface area contributed by atoms with E-state index in [0.29, 0.717) is 5.56 Å². The lowest BCUT2D eigenvalue weighted by atomic mass is 10.0. The lowest BCUT2D eigenvalue weighted by Gasteiger charge is -2.20. The van der Waals surface area contributed by atoms with Crippen LogP contribution in [-0.2, 0) is 16.6 Å². The van der Waals surface area contributed by atoms with Crippen LogP contribution in [0.1, 0.15) is 31.1 Å². The number of carbonyl (C=O) groups is 3. The Hall–Kier alpha value is -2.83. The van der Waals surface area contributed by atoms with Crippen molar-refractivity contribution in [3.05, 3.63) is 36.0 Å². The highest BCUT2D eigenvalue weighted by Gasteiger charge is 2.23. The second kappa shape index (κ2) is 7.16. The number of aromatic nitrogens is 1. The zero-order valence-electron chi connectivity index (χ0n) is 14.2. The predicted molar refractivity (Wildman–Crippen MR) is 91.0 cm³/mol. The number of hydrogen-bond acceptors (Lipinski definition) is 3. The molecular formula is C17H22N4O3. The van der Waals surface area contributed by atoms with Crippen LogP contribution in [0.4, 0.5) is 0 Å². The van der Waals surface area contributed by atoms with Crippen molar-refractivity contribution in [2.75, 3.05) is 0 Å². The van der Waals surface area contributed by atoms with Crippen molar-refractivity contribution in [2.45, 2.75) is 26.8 Å². The number of fused-ring (bicyclic) bond motifs is 1. The molecule has 7 heteroatoms. The number of nitrogens with zero attached hydrogens (tertiary/aromatic N) is 1. The maximum Gasteiger partial charge on any atom is 0.271 e. The summed E-state index contributed by atoms with van der Waals surface area (Å²) in [5.74, 6) is -1.29. The Morgan fingerprint density at radius 2 is 1.75 bits per heavy atom. The van der Waals surface area contributed by atoms with Gasteiger partial charge in [0.15, 0.2) is 0 Å². The summed E-state index contributed by atoms with van der Waals surface area (Å²) in [6.45, 7) is 4.97. The third-order valence-electron chi connectivity index (χ3n) is 3.75. The van der Waals surface area contributed by atoms with Gasteiger partial charge in [0.2, 0.25) is 5.91 Å². The highest BCUT2D eigenvalue weighted by Crippen LogP contribution is 2.19. The van der Waals surface area contributed by atoms with E-state index in [1.165, 1.54) is 6.92 Å². The van der Waals surface area contributed by atoms with Gasteiger partial charge in [-0.15, -0.1) is 0 Å². The van der Waals surface area contributed by atoms with Crippen molar-refractivity contribution in [3.63, 3.8) is 0 Å². The van der Waals surface area contributed by atoms with Crippen molar-refractivity contribution in [2.24, 2.45) is 13.0 Å². The van der Waals surface area contributed by atoms with Crippen LogP contribution in [0.25, 0.3) is 10.9 Å². The number of rotatable bonds is 4. The number of hydrogen-bond donors (Lipinski definition) is 3. The molecule has 128 valence electrons. The highest BCUT2D eigenvalue weighted by atomic mass is 16.2. The highest BCUT2D eigenvalue weighted by molar-refractivity contribution is 6.07. The minimum atomic E-state index is -0.713. The molecule has 0 fully saturated rings. The Kier molecular flexibility index (Phi) is 5.23. The standard InChI is InChI=1S/C17H22N4O3/c1-10(2)15(18-11(3)22)17(24)20-19-16(23)13-9-21(4)14-8-6-5-7-12(13)14/h5-10,15H,1-4H3,(H,18,22)(H,19,23)(H,20,24)/t15-/m0/s1. The van der Waals surface area contributed by atoms with Gasteiger partial charge in [0.25, 0.3) is 11.8 Å². The summed E-state index contributed by atoms with van der Waals surface area (Å²) in [5, 5.41) is 3.37. The van der Waals surface area contributed by atoms with E-state index in [9.17, 15) is 14.4 Å². The first-order valence-corrected chi connectivity index (χ1v) is 7.72. The van der Waals surface area contributed by atoms with Gasteiger partial charge in [0.05, 0.1) is 5.56 Å². The average molecular weight is 330 g/mol. The molecule has 0 unspecified atom stereocenters. The first kappa shape index (κ1) is 17.5. The fourth-order valence-corrected chi connectivity index (χ4v) is 2.54. The lowest BCUT2D eigenvalue weighted by molar-refractivity contribution is -0.129. The van der Waals surface area contributed by atoms with E-state index >= 15 is 0 Å². The third kappa shape index (κ3) is 3.73. The largest absolute Gasteiger partial charge is 0.350 e. The minimum absolute atomic E-state index is 0.108. The number of aryl methyl sites for hydroxylation is 1. The second-order valence-electron chi connectivity index (χ2n) is 6.04. The van der Waals surface area contributed by atoms with E-state index in [1.54, 1.807) is 6.20 Å². The van der Waals surface area contributed by atoms with Crippen LogP contribution in [-0.4, -0.2) is 28.3 Å². The molecule has 24 heavy (non-hydrogen) atoms. The first-order chi connectivity index (χ1) is 11.3. The smallest absolute Gasteiger partial charge is 0.271 e. The molecule has 1 aromatic heterocycles. The van der Waals surface area contributed by atoms with E-state index < -0.39 is 17.9 Å². The van der Waals surface area contributed by atoms with E-state index in [1.807, 2.05) is 49.7 Å². The van der Waals surface area contributed by atoms with E-state index in [4.69, 9.17) is 0 Å². The number of carbonyl (C=O) groups excluding carboxylic acids is 3. The number of benzene rings is 1.